The molecule has 19 heavy (non-hydrogen) atoms. The van der Waals surface area contributed by atoms with Gasteiger partial charge in [0.15, 0.2) is 0 Å². The minimum atomic E-state index is -0.214. The van der Waals surface area contributed by atoms with Gasteiger partial charge in [0.2, 0.25) is 5.91 Å². The van der Waals surface area contributed by atoms with Crippen molar-refractivity contribution < 1.29 is 4.79 Å². The summed E-state index contributed by atoms with van der Waals surface area (Å²) in [6.45, 7) is 7.65. The first-order valence-electron chi connectivity index (χ1n) is 7.25. The summed E-state index contributed by atoms with van der Waals surface area (Å²) in [5, 5.41) is 0. The van der Waals surface area contributed by atoms with Gasteiger partial charge in [-0.15, -0.1) is 0 Å². The van der Waals surface area contributed by atoms with E-state index in [9.17, 15) is 4.79 Å². The number of hydrogen-bond acceptors (Lipinski definition) is 2. The first-order chi connectivity index (χ1) is 9.19. The Morgan fingerprint density at radius 3 is 2.32 bits per heavy atom. The molecule has 1 aromatic rings. The molecular weight excluding hydrogens is 236 g/mol. The zero-order valence-corrected chi connectivity index (χ0v) is 12.1. The van der Waals surface area contributed by atoms with E-state index in [-0.39, 0.29) is 11.8 Å². The normalized spacial score (nSPS) is 12.6. The lowest BCUT2D eigenvalue weighted by Gasteiger charge is -2.18. The molecule has 1 atom stereocenters. The van der Waals surface area contributed by atoms with Crippen molar-refractivity contribution in [1.82, 2.24) is 4.90 Å². The summed E-state index contributed by atoms with van der Waals surface area (Å²) in [4.78, 5) is 14.0. The van der Waals surface area contributed by atoms with E-state index in [0.29, 0.717) is 0 Å². The van der Waals surface area contributed by atoms with E-state index >= 15 is 0 Å². The number of primary amides is 1. The third kappa shape index (κ3) is 5.43. The van der Waals surface area contributed by atoms with Crippen LogP contribution in [0.2, 0.25) is 0 Å². The van der Waals surface area contributed by atoms with E-state index < -0.39 is 0 Å². The first-order valence-corrected chi connectivity index (χ1v) is 7.25. The van der Waals surface area contributed by atoms with Crippen LogP contribution in [0.15, 0.2) is 30.3 Å². The van der Waals surface area contributed by atoms with Crippen molar-refractivity contribution >= 4 is 5.91 Å². The second kappa shape index (κ2) is 8.70. The Kier molecular flexibility index (Phi) is 7.19. The van der Waals surface area contributed by atoms with Gasteiger partial charge in [-0.2, -0.15) is 0 Å². The van der Waals surface area contributed by atoms with E-state index in [0.717, 1.165) is 44.5 Å². The average Bonchev–Trinajstić information content (AvgIpc) is 2.43. The number of rotatable bonds is 9. The molecule has 0 saturated carbocycles. The van der Waals surface area contributed by atoms with Gasteiger partial charge in [-0.25, -0.2) is 0 Å². The van der Waals surface area contributed by atoms with Gasteiger partial charge in [-0.3, -0.25) is 4.79 Å². The number of benzene rings is 1. The van der Waals surface area contributed by atoms with Gasteiger partial charge in [0, 0.05) is 0 Å². The van der Waals surface area contributed by atoms with Crippen LogP contribution in [0.5, 0.6) is 0 Å². The van der Waals surface area contributed by atoms with Gasteiger partial charge in [0.05, 0.1) is 5.92 Å². The molecule has 0 saturated heterocycles. The maximum atomic E-state index is 11.6. The Bertz CT molecular complexity index is 360. The Labute approximate surface area is 116 Å². The molecule has 1 amide bonds. The fraction of sp³-hybridized carbons (Fsp3) is 0.562. The summed E-state index contributed by atoms with van der Waals surface area (Å²) in [6.07, 6.45) is 3.01. The van der Waals surface area contributed by atoms with Crippen LogP contribution in [0.3, 0.4) is 0 Å². The highest BCUT2D eigenvalue weighted by Gasteiger charge is 2.16. The molecule has 0 aliphatic rings. The van der Waals surface area contributed by atoms with E-state index in [2.05, 4.69) is 18.7 Å². The molecule has 1 aromatic carbocycles. The zero-order valence-electron chi connectivity index (χ0n) is 12.1. The van der Waals surface area contributed by atoms with Gasteiger partial charge in [-0.05, 0) is 38.0 Å². The van der Waals surface area contributed by atoms with Crippen molar-refractivity contribution in [2.45, 2.75) is 39.0 Å². The molecule has 0 aliphatic carbocycles. The molecule has 0 heterocycles. The molecule has 2 N–H and O–H groups in total. The summed E-state index contributed by atoms with van der Waals surface area (Å²) < 4.78 is 0. The first kappa shape index (κ1) is 15.7. The van der Waals surface area contributed by atoms with Gasteiger partial charge in [-0.1, -0.05) is 50.6 Å². The van der Waals surface area contributed by atoms with Crippen molar-refractivity contribution in [3.63, 3.8) is 0 Å². The predicted molar refractivity (Wildman–Crippen MR) is 80.0 cm³/mol. The summed E-state index contributed by atoms with van der Waals surface area (Å²) in [7, 11) is 0. The molecular formula is C16H26N2O. The topological polar surface area (TPSA) is 46.3 Å². The Morgan fingerprint density at radius 1 is 1.16 bits per heavy atom. The van der Waals surface area contributed by atoms with Crippen molar-refractivity contribution in [3.05, 3.63) is 35.9 Å². The molecule has 3 nitrogen and oxygen atoms in total. The fourth-order valence-corrected chi connectivity index (χ4v) is 2.38. The van der Waals surface area contributed by atoms with Crippen LogP contribution in [-0.2, 0) is 4.79 Å². The summed E-state index contributed by atoms with van der Waals surface area (Å²) in [5.74, 6) is -0.355. The van der Waals surface area contributed by atoms with Crippen LogP contribution in [0.25, 0.3) is 0 Å². The van der Waals surface area contributed by atoms with Crippen LogP contribution in [0.4, 0.5) is 0 Å². The summed E-state index contributed by atoms with van der Waals surface area (Å²) >= 11 is 0. The van der Waals surface area contributed by atoms with Gasteiger partial charge >= 0.3 is 0 Å². The second-order valence-electron chi connectivity index (χ2n) is 4.89. The second-order valence-corrected chi connectivity index (χ2v) is 4.89. The van der Waals surface area contributed by atoms with E-state index in [1.807, 2.05) is 30.3 Å². The van der Waals surface area contributed by atoms with Crippen molar-refractivity contribution in [1.29, 1.82) is 0 Å². The lowest BCUT2D eigenvalue weighted by molar-refractivity contribution is -0.119. The standard InChI is InChI=1S/C16H26N2O/c1-3-18(4-2)13-9-8-12-15(16(17)19)14-10-6-5-7-11-14/h5-7,10-11,15H,3-4,8-9,12-13H2,1-2H3,(H2,17,19)/t15-/m1/s1. The highest BCUT2D eigenvalue weighted by Crippen LogP contribution is 2.21. The van der Waals surface area contributed by atoms with Crippen LogP contribution >= 0.6 is 0 Å². The van der Waals surface area contributed by atoms with E-state index in [1.165, 1.54) is 0 Å². The molecule has 0 aromatic heterocycles. The molecule has 0 radical (unpaired) electrons. The van der Waals surface area contributed by atoms with Gasteiger partial charge in [0.25, 0.3) is 0 Å². The van der Waals surface area contributed by atoms with E-state index in [1.54, 1.807) is 0 Å². The molecule has 106 valence electrons. The Balaban J connectivity index is 2.42. The maximum absolute atomic E-state index is 11.6. The lowest BCUT2D eigenvalue weighted by Crippen LogP contribution is -2.25. The van der Waals surface area contributed by atoms with Crippen LogP contribution in [0.1, 0.15) is 44.6 Å². The van der Waals surface area contributed by atoms with E-state index in [4.69, 9.17) is 5.73 Å². The summed E-state index contributed by atoms with van der Waals surface area (Å²) in [5.41, 5.74) is 6.55. The molecule has 0 unspecified atom stereocenters. The van der Waals surface area contributed by atoms with Crippen molar-refractivity contribution in [2.75, 3.05) is 19.6 Å². The van der Waals surface area contributed by atoms with Crippen LogP contribution < -0.4 is 5.73 Å². The molecule has 3 heteroatoms. The third-order valence-electron chi connectivity index (χ3n) is 3.66. The van der Waals surface area contributed by atoms with Gasteiger partial charge < -0.3 is 10.6 Å². The molecule has 0 bridgehead atoms. The monoisotopic (exact) mass is 262 g/mol. The average molecular weight is 262 g/mol. The highest BCUT2D eigenvalue weighted by atomic mass is 16.1. The number of unbranched alkanes of at least 4 members (excludes halogenated alkanes) is 1. The smallest absolute Gasteiger partial charge is 0.224 e. The quantitative estimate of drug-likeness (QED) is 0.696. The Hall–Kier alpha value is -1.35. The number of carbonyl (C=O) groups is 1. The highest BCUT2D eigenvalue weighted by molar-refractivity contribution is 5.81. The molecule has 1 rings (SSSR count). The van der Waals surface area contributed by atoms with Crippen molar-refractivity contribution in [3.8, 4) is 0 Å². The van der Waals surface area contributed by atoms with Crippen molar-refractivity contribution in [2.24, 2.45) is 5.73 Å². The maximum Gasteiger partial charge on any atom is 0.224 e. The molecule has 0 aliphatic heterocycles. The number of nitrogens with two attached hydrogens (primary N) is 1. The van der Waals surface area contributed by atoms with Crippen LogP contribution in [0, 0.1) is 0 Å². The summed E-state index contributed by atoms with van der Waals surface area (Å²) in [6, 6.07) is 9.85. The zero-order chi connectivity index (χ0) is 14.1. The van der Waals surface area contributed by atoms with Gasteiger partial charge in [0.1, 0.15) is 0 Å². The minimum Gasteiger partial charge on any atom is -0.369 e. The predicted octanol–water partition coefficient (Wildman–Crippen LogP) is 2.77. The molecule has 0 fully saturated rings. The largest absolute Gasteiger partial charge is 0.369 e. The van der Waals surface area contributed by atoms with Crippen LogP contribution in [-0.4, -0.2) is 30.4 Å². The number of hydrogen-bond donors (Lipinski definition) is 1. The minimum absolute atomic E-state index is 0.141. The SMILES string of the molecule is CCN(CC)CCCC[C@@H](C(N)=O)c1ccccc1. The molecule has 0 spiro atoms. The third-order valence-corrected chi connectivity index (χ3v) is 3.66. The fourth-order valence-electron chi connectivity index (χ4n) is 2.38. The number of amides is 1. The number of carbonyl (C=O) groups excluding carboxylic acids is 1. The Morgan fingerprint density at radius 2 is 1.79 bits per heavy atom. The number of nitrogens with zero attached hydrogens (tertiary/aromatic N) is 1. The lowest BCUT2D eigenvalue weighted by atomic mass is 9.93.